The molecule has 0 fully saturated rings. The first kappa shape index (κ1) is 16.1. The molecular weight excluding hydrogens is 302 g/mol. The summed E-state index contributed by atoms with van der Waals surface area (Å²) in [5, 5.41) is 11.5. The second kappa shape index (κ2) is 7.64. The van der Waals surface area contributed by atoms with E-state index in [2.05, 4.69) is 47.6 Å². The van der Waals surface area contributed by atoms with Crippen molar-refractivity contribution in [1.82, 2.24) is 10.2 Å². The van der Waals surface area contributed by atoms with Gasteiger partial charge in [0, 0.05) is 5.69 Å². The number of hydrogen-bond donors (Lipinski definition) is 1. The van der Waals surface area contributed by atoms with Crippen molar-refractivity contribution in [3.63, 3.8) is 0 Å². The van der Waals surface area contributed by atoms with E-state index in [1.54, 1.807) is 0 Å². The minimum atomic E-state index is 0.265. The Hall–Kier alpha value is -2.82. The normalized spacial score (nSPS) is 10.6. The molecule has 0 unspecified atom stereocenters. The van der Waals surface area contributed by atoms with E-state index in [-0.39, 0.29) is 6.61 Å². The molecule has 1 heterocycles. The third-order valence-electron chi connectivity index (χ3n) is 3.77. The average Bonchev–Trinajstić information content (AvgIpc) is 3.07. The molecule has 0 aliphatic heterocycles. The molecule has 0 aliphatic rings. The summed E-state index contributed by atoms with van der Waals surface area (Å²) in [6.07, 6.45) is 0.976. The highest BCUT2D eigenvalue weighted by Crippen LogP contribution is 2.21. The van der Waals surface area contributed by atoms with Crippen LogP contribution in [0.2, 0.25) is 0 Å². The lowest BCUT2D eigenvalue weighted by Crippen LogP contribution is -2.04. The van der Waals surface area contributed by atoms with Crippen LogP contribution in [0.5, 0.6) is 5.75 Å². The molecule has 0 radical (unpaired) electrons. The zero-order valence-corrected chi connectivity index (χ0v) is 14.0. The number of para-hydroxylation sites is 2. The van der Waals surface area contributed by atoms with Crippen LogP contribution in [0.15, 0.2) is 52.9 Å². The lowest BCUT2D eigenvalue weighted by molar-refractivity contribution is 0.259. The van der Waals surface area contributed by atoms with Gasteiger partial charge in [-0.3, -0.25) is 0 Å². The van der Waals surface area contributed by atoms with E-state index in [1.807, 2.05) is 30.3 Å². The predicted octanol–water partition coefficient (Wildman–Crippen LogP) is 4.13. The Morgan fingerprint density at radius 3 is 2.58 bits per heavy atom. The molecule has 1 aromatic heterocycles. The van der Waals surface area contributed by atoms with Crippen LogP contribution >= 0.6 is 0 Å². The van der Waals surface area contributed by atoms with Crippen LogP contribution in [0.25, 0.3) is 0 Å². The van der Waals surface area contributed by atoms with E-state index >= 15 is 0 Å². The third-order valence-corrected chi connectivity index (χ3v) is 3.77. The van der Waals surface area contributed by atoms with Crippen LogP contribution in [0, 0.1) is 6.92 Å². The monoisotopic (exact) mass is 323 g/mol. The molecule has 5 heteroatoms. The second-order valence-corrected chi connectivity index (χ2v) is 5.51. The number of benzene rings is 2. The van der Waals surface area contributed by atoms with Crippen molar-refractivity contribution < 1.29 is 9.15 Å². The quantitative estimate of drug-likeness (QED) is 0.708. The van der Waals surface area contributed by atoms with Gasteiger partial charge in [-0.2, -0.15) is 0 Å². The van der Waals surface area contributed by atoms with E-state index in [0.717, 1.165) is 17.9 Å². The smallest absolute Gasteiger partial charge is 0.253 e. The first-order valence-corrected chi connectivity index (χ1v) is 8.07. The van der Waals surface area contributed by atoms with Gasteiger partial charge in [-0.05, 0) is 36.6 Å². The second-order valence-electron chi connectivity index (χ2n) is 5.51. The molecule has 5 nitrogen and oxygen atoms in total. The van der Waals surface area contributed by atoms with Gasteiger partial charge in [0.25, 0.3) is 5.89 Å². The van der Waals surface area contributed by atoms with Crippen molar-refractivity contribution in [2.45, 2.75) is 33.4 Å². The van der Waals surface area contributed by atoms with Crippen molar-refractivity contribution >= 4 is 5.69 Å². The lowest BCUT2D eigenvalue weighted by atomic mass is 10.1. The third kappa shape index (κ3) is 3.93. The summed E-state index contributed by atoms with van der Waals surface area (Å²) in [5.74, 6) is 1.80. The van der Waals surface area contributed by atoms with Gasteiger partial charge in [0.1, 0.15) is 5.75 Å². The van der Waals surface area contributed by atoms with Gasteiger partial charge in [0.05, 0.1) is 6.54 Å². The number of rotatable bonds is 7. The summed E-state index contributed by atoms with van der Waals surface area (Å²) in [4.78, 5) is 0. The number of aromatic nitrogens is 2. The molecular formula is C19H21N3O2. The van der Waals surface area contributed by atoms with E-state index in [9.17, 15) is 0 Å². The summed E-state index contributed by atoms with van der Waals surface area (Å²) in [5.41, 5.74) is 3.63. The molecule has 24 heavy (non-hydrogen) atoms. The van der Waals surface area contributed by atoms with Crippen LogP contribution in [0.4, 0.5) is 5.69 Å². The number of hydrogen-bond acceptors (Lipinski definition) is 5. The highest BCUT2D eigenvalue weighted by atomic mass is 16.5. The SMILES string of the molecule is CCc1cccc(C)c1NCc1nnc(COc2ccccc2)o1. The zero-order valence-electron chi connectivity index (χ0n) is 14.0. The standard InChI is InChI=1S/C19H21N3O2/c1-3-15-9-7-8-14(2)19(15)20-12-17-21-22-18(24-17)13-23-16-10-5-4-6-11-16/h4-11,20H,3,12-13H2,1-2H3. The highest BCUT2D eigenvalue weighted by molar-refractivity contribution is 5.57. The summed E-state index contributed by atoms with van der Waals surface area (Å²) in [7, 11) is 0. The van der Waals surface area contributed by atoms with Crippen LogP contribution in [0.1, 0.15) is 29.8 Å². The van der Waals surface area contributed by atoms with Crippen molar-refractivity contribution in [2.24, 2.45) is 0 Å². The molecule has 0 saturated carbocycles. The molecule has 1 N–H and O–H groups in total. The van der Waals surface area contributed by atoms with Gasteiger partial charge in [-0.1, -0.05) is 43.3 Å². The molecule has 124 valence electrons. The molecule has 0 saturated heterocycles. The van der Waals surface area contributed by atoms with Crippen molar-refractivity contribution in [3.05, 3.63) is 71.4 Å². The molecule has 3 rings (SSSR count). The van der Waals surface area contributed by atoms with Gasteiger partial charge < -0.3 is 14.5 Å². The van der Waals surface area contributed by atoms with Gasteiger partial charge in [-0.25, -0.2) is 0 Å². The van der Waals surface area contributed by atoms with Crippen molar-refractivity contribution in [1.29, 1.82) is 0 Å². The Labute approximate surface area is 141 Å². The maximum absolute atomic E-state index is 5.63. The van der Waals surface area contributed by atoms with Crippen LogP contribution < -0.4 is 10.1 Å². The first-order valence-electron chi connectivity index (χ1n) is 8.07. The number of ether oxygens (including phenoxy) is 1. The van der Waals surface area contributed by atoms with Crippen molar-refractivity contribution in [2.75, 3.05) is 5.32 Å². The summed E-state index contributed by atoms with van der Waals surface area (Å²) in [6, 6.07) is 15.9. The summed E-state index contributed by atoms with van der Waals surface area (Å²) < 4.78 is 11.2. The van der Waals surface area contributed by atoms with Gasteiger partial charge in [0.15, 0.2) is 6.61 Å². The van der Waals surface area contributed by atoms with Crippen LogP contribution in [0.3, 0.4) is 0 Å². The fourth-order valence-electron chi connectivity index (χ4n) is 2.52. The molecule has 0 amide bonds. The number of anilines is 1. The maximum Gasteiger partial charge on any atom is 0.253 e. The Bertz CT molecular complexity index is 784. The number of nitrogens with zero attached hydrogens (tertiary/aromatic N) is 2. The maximum atomic E-state index is 5.63. The Balaban J connectivity index is 1.59. The van der Waals surface area contributed by atoms with Crippen LogP contribution in [-0.4, -0.2) is 10.2 Å². The van der Waals surface area contributed by atoms with E-state index in [0.29, 0.717) is 18.3 Å². The predicted molar refractivity (Wildman–Crippen MR) is 93.0 cm³/mol. The Morgan fingerprint density at radius 2 is 1.79 bits per heavy atom. The fourth-order valence-corrected chi connectivity index (χ4v) is 2.52. The molecule has 0 aliphatic carbocycles. The van der Waals surface area contributed by atoms with Gasteiger partial charge in [0.2, 0.25) is 5.89 Å². The van der Waals surface area contributed by atoms with Crippen LogP contribution in [-0.2, 0) is 19.6 Å². The average molecular weight is 323 g/mol. The first-order chi connectivity index (χ1) is 11.8. The molecule has 0 bridgehead atoms. The minimum Gasteiger partial charge on any atom is -0.484 e. The number of aryl methyl sites for hydroxylation is 2. The van der Waals surface area contributed by atoms with Gasteiger partial charge >= 0.3 is 0 Å². The largest absolute Gasteiger partial charge is 0.484 e. The topological polar surface area (TPSA) is 60.2 Å². The van der Waals surface area contributed by atoms with E-state index in [1.165, 1.54) is 11.1 Å². The van der Waals surface area contributed by atoms with Crippen molar-refractivity contribution in [3.8, 4) is 5.75 Å². The molecule has 2 aromatic carbocycles. The van der Waals surface area contributed by atoms with Gasteiger partial charge in [-0.15, -0.1) is 10.2 Å². The lowest BCUT2D eigenvalue weighted by Gasteiger charge is -2.12. The minimum absolute atomic E-state index is 0.265. The van der Waals surface area contributed by atoms with E-state index in [4.69, 9.17) is 9.15 Å². The number of nitrogens with one attached hydrogen (secondary N) is 1. The fraction of sp³-hybridized carbons (Fsp3) is 0.263. The molecule has 0 spiro atoms. The molecule has 3 aromatic rings. The van der Waals surface area contributed by atoms with E-state index < -0.39 is 0 Å². The Morgan fingerprint density at radius 1 is 1.00 bits per heavy atom. The molecule has 0 atom stereocenters. The summed E-state index contributed by atoms with van der Waals surface area (Å²) in [6.45, 7) is 5.00. The summed E-state index contributed by atoms with van der Waals surface area (Å²) >= 11 is 0. The zero-order chi connectivity index (χ0) is 16.8. The highest BCUT2D eigenvalue weighted by Gasteiger charge is 2.09. The Kier molecular flexibility index (Phi) is 5.11.